The predicted octanol–water partition coefficient (Wildman–Crippen LogP) is 1.33. The summed E-state index contributed by atoms with van der Waals surface area (Å²) >= 11 is 0. The fourth-order valence-electron chi connectivity index (χ4n) is 1.90. The van der Waals surface area contributed by atoms with Gasteiger partial charge < -0.3 is 10.5 Å². The van der Waals surface area contributed by atoms with Crippen LogP contribution in [-0.2, 0) is 10.3 Å². The maximum absolute atomic E-state index is 5.69. The molecule has 1 aliphatic rings. The van der Waals surface area contributed by atoms with Crippen molar-refractivity contribution < 1.29 is 4.74 Å². The summed E-state index contributed by atoms with van der Waals surface area (Å²) < 4.78 is 5.69. The Morgan fingerprint density at radius 1 is 1.62 bits per heavy atom. The zero-order valence-electron chi connectivity index (χ0n) is 8.05. The molecule has 0 radical (unpaired) electrons. The number of ether oxygens (including phenoxy) is 1. The average Bonchev–Trinajstić information content (AvgIpc) is 2.63. The number of H-pyrrole nitrogens is 1. The highest BCUT2D eigenvalue weighted by molar-refractivity contribution is 5.42. The van der Waals surface area contributed by atoms with E-state index in [1.54, 1.807) is 0 Å². The monoisotopic (exact) mass is 181 g/mol. The second-order valence-electron chi connectivity index (χ2n) is 3.79. The summed E-state index contributed by atoms with van der Waals surface area (Å²) in [5, 5.41) is 6.93. The first kappa shape index (κ1) is 8.56. The normalized spacial score (nSPS) is 28.2. The first-order chi connectivity index (χ1) is 6.13. The second kappa shape index (κ2) is 2.73. The van der Waals surface area contributed by atoms with Gasteiger partial charge in [0.1, 0.15) is 11.4 Å². The highest BCUT2D eigenvalue weighted by Gasteiger charge is 2.35. The van der Waals surface area contributed by atoms with Crippen molar-refractivity contribution >= 4 is 5.82 Å². The lowest BCUT2D eigenvalue weighted by atomic mass is 9.96. The first-order valence-electron chi connectivity index (χ1n) is 4.58. The summed E-state index contributed by atoms with van der Waals surface area (Å²) in [6.45, 7) is 4.88. The Morgan fingerprint density at radius 3 is 2.85 bits per heavy atom. The van der Waals surface area contributed by atoms with Crippen molar-refractivity contribution in [2.75, 3.05) is 12.3 Å². The minimum atomic E-state index is -0.200. The molecule has 1 aromatic rings. The standard InChI is InChI=1S/C9H15N3O/c1-6-7(11-12-8(6)10)9(2)4-3-5-13-9/h3-5H2,1-2H3,(H3,10,11,12). The van der Waals surface area contributed by atoms with Crippen LogP contribution in [0.1, 0.15) is 31.0 Å². The fourth-order valence-corrected chi connectivity index (χ4v) is 1.90. The zero-order chi connectivity index (χ0) is 9.47. The Balaban J connectivity index is 2.39. The van der Waals surface area contributed by atoms with Crippen LogP contribution in [0.25, 0.3) is 0 Å². The third-order valence-corrected chi connectivity index (χ3v) is 2.80. The molecule has 1 atom stereocenters. The van der Waals surface area contributed by atoms with Gasteiger partial charge in [0.2, 0.25) is 0 Å². The summed E-state index contributed by atoms with van der Waals surface area (Å²) in [5.74, 6) is 0.576. The van der Waals surface area contributed by atoms with Crippen LogP contribution < -0.4 is 5.73 Å². The number of hydrogen-bond acceptors (Lipinski definition) is 3. The molecule has 72 valence electrons. The molecule has 13 heavy (non-hydrogen) atoms. The lowest BCUT2D eigenvalue weighted by Gasteiger charge is -2.22. The van der Waals surface area contributed by atoms with Crippen molar-refractivity contribution in [3.8, 4) is 0 Å². The van der Waals surface area contributed by atoms with E-state index in [1.165, 1.54) is 0 Å². The molecule has 3 N–H and O–H groups in total. The van der Waals surface area contributed by atoms with Gasteiger partial charge in [0, 0.05) is 12.2 Å². The zero-order valence-corrected chi connectivity index (χ0v) is 8.05. The van der Waals surface area contributed by atoms with Gasteiger partial charge in [-0.15, -0.1) is 0 Å². The molecular formula is C9H15N3O. The van der Waals surface area contributed by atoms with Crippen molar-refractivity contribution in [2.45, 2.75) is 32.3 Å². The number of rotatable bonds is 1. The predicted molar refractivity (Wildman–Crippen MR) is 50.3 cm³/mol. The van der Waals surface area contributed by atoms with Gasteiger partial charge in [0.15, 0.2) is 0 Å². The Hall–Kier alpha value is -1.03. The van der Waals surface area contributed by atoms with E-state index in [2.05, 4.69) is 17.1 Å². The molecule has 4 nitrogen and oxygen atoms in total. The van der Waals surface area contributed by atoms with E-state index in [0.29, 0.717) is 5.82 Å². The quantitative estimate of drug-likeness (QED) is 0.687. The molecule has 0 saturated carbocycles. The minimum absolute atomic E-state index is 0.200. The Kier molecular flexibility index (Phi) is 1.80. The largest absolute Gasteiger partial charge is 0.382 e. The number of aromatic nitrogens is 2. The van der Waals surface area contributed by atoms with Gasteiger partial charge in [-0.05, 0) is 26.7 Å². The molecule has 1 unspecified atom stereocenters. The number of nitrogens with one attached hydrogen (secondary N) is 1. The van der Waals surface area contributed by atoms with Crippen LogP contribution in [0.5, 0.6) is 0 Å². The SMILES string of the molecule is Cc1c(N)n[nH]c1C1(C)CCCO1. The summed E-state index contributed by atoms with van der Waals surface area (Å²) in [5.41, 5.74) is 7.52. The summed E-state index contributed by atoms with van der Waals surface area (Å²) in [6.07, 6.45) is 2.14. The number of anilines is 1. The minimum Gasteiger partial charge on any atom is -0.382 e. The van der Waals surface area contributed by atoms with Crippen molar-refractivity contribution in [3.63, 3.8) is 0 Å². The molecule has 1 aromatic heterocycles. The van der Waals surface area contributed by atoms with Gasteiger partial charge in [-0.3, -0.25) is 5.10 Å². The smallest absolute Gasteiger partial charge is 0.148 e. The average molecular weight is 181 g/mol. The maximum Gasteiger partial charge on any atom is 0.148 e. The number of nitrogens with two attached hydrogens (primary N) is 1. The molecule has 1 saturated heterocycles. The Bertz CT molecular complexity index is 313. The Labute approximate surface area is 77.5 Å². The van der Waals surface area contributed by atoms with Crippen LogP contribution in [0.2, 0.25) is 0 Å². The fraction of sp³-hybridized carbons (Fsp3) is 0.667. The van der Waals surface area contributed by atoms with Gasteiger partial charge in [-0.25, -0.2) is 0 Å². The van der Waals surface area contributed by atoms with Gasteiger partial charge in [-0.2, -0.15) is 5.10 Å². The molecule has 0 aliphatic carbocycles. The molecule has 4 heteroatoms. The molecule has 0 amide bonds. The van der Waals surface area contributed by atoms with E-state index >= 15 is 0 Å². The van der Waals surface area contributed by atoms with Crippen LogP contribution in [0.4, 0.5) is 5.82 Å². The maximum atomic E-state index is 5.69. The summed E-state index contributed by atoms with van der Waals surface area (Å²) in [6, 6.07) is 0. The van der Waals surface area contributed by atoms with E-state index in [1.807, 2.05) is 6.92 Å². The molecule has 0 spiro atoms. The van der Waals surface area contributed by atoms with Crippen LogP contribution in [0.3, 0.4) is 0 Å². The third-order valence-electron chi connectivity index (χ3n) is 2.80. The highest BCUT2D eigenvalue weighted by Crippen LogP contribution is 2.36. The van der Waals surface area contributed by atoms with Gasteiger partial charge in [-0.1, -0.05) is 0 Å². The van der Waals surface area contributed by atoms with Crippen LogP contribution >= 0.6 is 0 Å². The molecular weight excluding hydrogens is 166 g/mol. The molecule has 1 fully saturated rings. The van der Waals surface area contributed by atoms with Crippen molar-refractivity contribution in [1.82, 2.24) is 10.2 Å². The number of aromatic amines is 1. The summed E-state index contributed by atoms with van der Waals surface area (Å²) in [4.78, 5) is 0. The molecule has 2 heterocycles. The lowest BCUT2D eigenvalue weighted by molar-refractivity contribution is 0.0127. The number of nitrogens with zero attached hydrogens (tertiary/aromatic N) is 1. The molecule has 2 rings (SSSR count). The highest BCUT2D eigenvalue weighted by atomic mass is 16.5. The molecule has 0 aromatic carbocycles. The number of hydrogen-bond donors (Lipinski definition) is 2. The van der Waals surface area contributed by atoms with Gasteiger partial charge in [0.25, 0.3) is 0 Å². The number of nitrogen functional groups attached to an aromatic ring is 1. The van der Waals surface area contributed by atoms with E-state index in [0.717, 1.165) is 30.7 Å². The third kappa shape index (κ3) is 1.21. The molecule has 0 bridgehead atoms. The first-order valence-corrected chi connectivity index (χ1v) is 4.58. The van der Waals surface area contributed by atoms with Crippen molar-refractivity contribution in [2.24, 2.45) is 0 Å². The van der Waals surface area contributed by atoms with E-state index in [-0.39, 0.29) is 5.60 Å². The summed E-state index contributed by atoms with van der Waals surface area (Å²) in [7, 11) is 0. The van der Waals surface area contributed by atoms with Crippen LogP contribution in [0.15, 0.2) is 0 Å². The molecule has 1 aliphatic heterocycles. The van der Waals surface area contributed by atoms with Crippen molar-refractivity contribution in [1.29, 1.82) is 0 Å². The lowest BCUT2D eigenvalue weighted by Crippen LogP contribution is -2.21. The second-order valence-corrected chi connectivity index (χ2v) is 3.79. The van der Waals surface area contributed by atoms with E-state index in [4.69, 9.17) is 10.5 Å². The van der Waals surface area contributed by atoms with Gasteiger partial charge in [0.05, 0.1) is 5.69 Å². The van der Waals surface area contributed by atoms with Crippen molar-refractivity contribution in [3.05, 3.63) is 11.3 Å². The van der Waals surface area contributed by atoms with E-state index < -0.39 is 0 Å². The van der Waals surface area contributed by atoms with E-state index in [9.17, 15) is 0 Å². The Morgan fingerprint density at radius 2 is 2.38 bits per heavy atom. The van der Waals surface area contributed by atoms with Crippen LogP contribution in [0, 0.1) is 6.92 Å². The topological polar surface area (TPSA) is 63.9 Å². The van der Waals surface area contributed by atoms with Crippen LogP contribution in [-0.4, -0.2) is 16.8 Å². The van der Waals surface area contributed by atoms with Gasteiger partial charge >= 0.3 is 0 Å².